The Labute approximate surface area is 202 Å². The molecular weight excluding hydrogens is 430 g/mol. The lowest BCUT2D eigenvalue weighted by Crippen LogP contribution is -2.57. The minimum atomic E-state index is -0.868. The molecule has 3 heterocycles. The average molecular weight is 472 g/mol. The molecule has 2 fully saturated rings. The minimum absolute atomic E-state index is 0.0111. The highest BCUT2D eigenvalue weighted by Gasteiger charge is 2.31. The van der Waals surface area contributed by atoms with E-state index in [0.717, 1.165) is 57.4 Å². The Balaban J connectivity index is 1.32. The zero-order valence-electron chi connectivity index (χ0n) is 21.0. The minimum Gasteiger partial charge on any atom is -0.353 e. The summed E-state index contributed by atoms with van der Waals surface area (Å²) in [5.74, 6) is 1.26. The van der Waals surface area contributed by atoms with Crippen LogP contribution in [0.3, 0.4) is 0 Å². The number of nitrogens with two attached hydrogens (primary N) is 2. The summed E-state index contributed by atoms with van der Waals surface area (Å²) in [6.07, 6.45) is 9.16. The summed E-state index contributed by atoms with van der Waals surface area (Å²) in [6, 6.07) is 1.91. The lowest BCUT2D eigenvalue weighted by Gasteiger charge is -2.38. The third kappa shape index (κ3) is 5.87. The second-order valence-electron chi connectivity index (χ2n) is 11.2. The van der Waals surface area contributed by atoms with Crippen LogP contribution in [0, 0.1) is 5.92 Å². The van der Waals surface area contributed by atoms with Gasteiger partial charge < -0.3 is 26.2 Å². The van der Waals surface area contributed by atoms with Crippen LogP contribution >= 0.6 is 0 Å². The normalized spacial score (nSPS) is 24.1. The zero-order chi connectivity index (χ0) is 24.5. The molecule has 188 valence electrons. The molecule has 0 saturated carbocycles. The number of hydrogen-bond donors (Lipinski definition) is 2. The first-order valence-corrected chi connectivity index (χ1v) is 12.7. The van der Waals surface area contributed by atoms with E-state index < -0.39 is 5.54 Å². The summed E-state index contributed by atoms with van der Waals surface area (Å²) in [5, 5.41) is 0. The molecule has 4 N–H and O–H groups in total. The summed E-state index contributed by atoms with van der Waals surface area (Å²) >= 11 is 0. The quantitative estimate of drug-likeness (QED) is 0.661. The molecule has 3 aliphatic rings. The number of aromatic nitrogens is 2. The smallest absolute Gasteiger partial charge is 0.353 e. The number of anilines is 1. The van der Waals surface area contributed by atoms with Crippen LogP contribution in [0.15, 0.2) is 23.1 Å². The molecule has 34 heavy (non-hydrogen) atoms. The third-order valence-electron chi connectivity index (χ3n) is 7.55. The average Bonchev–Trinajstić information content (AvgIpc) is 2.80. The summed E-state index contributed by atoms with van der Waals surface area (Å²) in [5.41, 5.74) is 12.2. The van der Waals surface area contributed by atoms with Crippen LogP contribution in [0.5, 0.6) is 0 Å². The number of carbonyl (C=O) groups excluding carboxylic acids is 1. The number of nitrogens with zero attached hydrogens (tertiary/aromatic N) is 5. The van der Waals surface area contributed by atoms with Crippen molar-refractivity contribution in [1.82, 2.24) is 19.4 Å². The maximum absolute atomic E-state index is 12.8. The first kappa shape index (κ1) is 24.9. The molecule has 2 saturated heterocycles. The molecule has 0 bridgehead atoms. The van der Waals surface area contributed by atoms with Crippen molar-refractivity contribution >= 4 is 17.4 Å². The summed E-state index contributed by atoms with van der Waals surface area (Å²) in [6.45, 7) is 11.3. The SMILES string of the molecule is CC1(N)CCN(CC2CC=C(n3ccc(N4CCN(C(=O)C(C)(C)N)CC4)nc3=O)CC2)CC1. The highest BCUT2D eigenvalue weighted by Crippen LogP contribution is 2.28. The van der Waals surface area contributed by atoms with Crippen LogP contribution in [0.4, 0.5) is 5.82 Å². The fraction of sp³-hybridized carbons (Fsp3) is 0.720. The Morgan fingerprint density at radius 1 is 1.18 bits per heavy atom. The van der Waals surface area contributed by atoms with Gasteiger partial charge >= 0.3 is 5.69 Å². The van der Waals surface area contributed by atoms with E-state index in [1.165, 1.54) is 0 Å². The summed E-state index contributed by atoms with van der Waals surface area (Å²) < 4.78 is 1.69. The van der Waals surface area contributed by atoms with Crippen LogP contribution in [-0.2, 0) is 4.79 Å². The molecule has 1 aromatic heterocycles. The number of hydrogen-bond acceptors (Lipinski definition) is 7. The van der Waals surface area contributed by atoms with E-state index in [9.17, 15) is 9.59 Å². The van der Waals surface area contributed by atoms with Crippen LogP contribution in [0.1, 0.15) is 52.9 Å². The largest absolute Gasteiger partial charge is 0.353 e. The zero-order valence-corrected chi connectivity index (χ0v) is 21.0. The van der Waals surface area contributed by atoms with Crippen LogP contribution in [0.25, 0.3) is 5.70 Å². The Bertz CT molecular complexity index is 960. The number of allylic oxidation sites excluding steroid dienone is 2. The van der Waals surface area contributed by atoms with Gasteiger partial charge in [0.05, 0.1) is 5.54 Å². The highest BCUT2D eigenvalue weighted by atomic mass is 16.2. The molecule has 9 nitrogen and oxygen atoms in total. The molecule has 1 amide bonds. The van der Waals surface area contributed by atoms with Crippen molar-refractivity contribution < 1.29 is 4.79 Å². The topological polar surface area (TPSA) is 114 Å². The van der Waals surface area contributed by atoms with Gasteiger partial charge in [0.1, 0.15) is 5.82 Å². The molecular formula is C25H41N7O2. The van der Waals surface area contributed by atoms with Crippen LogP contribution in [-0.4, -0.2) is 82.1 Å². The molecule has 1 aliphatic carbocycles. The molecule has 0 aromatic carbocycles. The number of carbonyl (C=O) groups is 1. The Kier molecular flexibility index (Phi) is 7.17. The predicted molar refractivity (Wildman–Crippen MR) is 135 cm³/mol. The second kappa shape index (κ2) is 9.79. The van der Waals surface area contributed by atoms with Crippen LogP contribution in [0.2, 0.25) is 0 Å². The maximum Gasteiger partial charge on any atom is 0.353 e. The van der Waals surface area contributed by atoms with Crippen molar-refractivity contribution in [2.45, 2.75) is 64.0 Å². The van der Waals surface area contributed by atoms with Crippen molar-refractivity contribution in [3.63, 3.8) is 0 Å². The number of piperidine rings is 1. The van der Waals surface area contributed by atoms with Gasteiger partial charge in [-0.2, -0.15) is 4.98 Å². The molecule has 1 unspecified atom stereocenters. The molecule has 4 rings (SSSR count). The van der Waals surface area contributed by atoms with Gasteiger partial charge in [-0.15, -0.1) is 0 Å². The Morgan fingerprint density at radius 2 is 1.85 bits per heavy atom. The van der Waals surface area contributed by atoms with E-state index in [1.807, 2.05) is 12.3 Å². The van der Waals surface area contributed by atoms with E-state index in [4.69, 9.17) is 11.5 Å². The van der Waals surface area contributed by atoms with E-state index in [-0.39, 0.29) is 17.1 Å². The molecule has 9 heteroatoms. The van der Waals surface area contributed by atoms with Crippen LogP contribution < -0.4 is 22.1 Å². The molecule has 1 aromatic rings. The van der Waals surface area contributed by atoms with Crippen molar-refractivity contribution in [1.29, 1.82) is 0 Å². The Morgan fingerprint density at radius 3 is 2.41 bits per heavy atom. The predicted octanol–water partition coefficient (Wildman–Crippen LogP) is 1.08. The van der Waals surface area contributed by atoms with Crippen molar-refractivity contribution in [3.05, 3.63) is 28.8 Å². The fourth-order valence-electron chi connectivity index (χ4n) is 5.21. The van der Waals surface area contributed by atoms with Gasteiger partial charge in [-0.1, -0.05) is 6.08 Å². The van der Waals surface area contributed by atoms with E-state index in [0.29, 0.717) is 37.9 Å². The number of rotatable bonds is 5. The lowest BCUT2D eigenvalue weighted by atomic mass is 9.88. The van der Waals surface area contributed by atoms with Crippen molar-refractivity contribution in [3.8, 4) is 0 Å². The lowest BCUT2D eigenvalue weighted by molar-refractivity contribution is -0.136. The second-order valence-corrected chi connectivity index (χ2v) is 11.2. The first-order chi connectivity index (χ1) is 16.0. The third-order valence-corrected chi connectivity index (χ3v) is 7.55. The molecule has 1 atom stereocenters. The van der Waals surface area contributed by atoms with Crippen molar-refractivity contribution in [2.75, 3.05) is 50.7 Å². The number of likely N-dealkylation sites (tertiary alicyclic amines) is 1. The van der Waals surface area contributed by atoms with Crippen molar-refractivity contribution in [2.24, 2.45) is 17.4 Å². The molecule has 0 radical (unpaired) electrons. The fourth-order valence-corrected chi connectivity index (χ4v) is 5.21. The van der Waals surface area contributed by atoms with Gasteiger partial charge in [0.15, 0.2) is 0 Å². The highest BCUT2D eigenvalue weighted by molar-refractivity contribution is 5.85. The van der Waals surface area contributed by atoms with E-state index in [2.05, 4.69) is 27.8 Å². The van der Waals surface area contributed by atoms with Gasteiger partial charge in [-0.3, -0.25) is 9.36 Å². The first-order valence-electron chi connectivity index (χ1n) is 12.7. The number of amides is 1. The summed E-state index contributed by atoms with van der Waals surface area (Å²) in [4.78, 5) is 36.0. The van der Waals surface area contributed by atoms with Gasteiger partial charge in [-0.05, 0) is 77.9 Å². The molecule has 2 aliphatic heterocycles. The van der Waals surface area contributed by atoms with E-state index in [1.54, 1.807) is 23.3 Å². The van der Waals surface area contributed by atoms with Gasteiger partial charge in [0, 0.05) is 50.2 Å². The van der Waals surface area contributed by atoms with Gasteiger partial charge in [-0.25, -0.2) is 4.79 Å². The van der Waals surface area contributed by atoms with E-state index >= 15 is 0 Å². The van der Waals surface area contributed by atoms with Gasteiger partial charge in [0.2, 0.25) is 5.91 Å². The standard InChI is InChI=1S/C25H41N7O2/c1-24(2,26)22(33)31-16-14-30(15-17-31)21-8-11-32(23(34)28-21)20-6-4-19(5-7-20)18-29-12-9-25(3,27)10-13-29/h6,8,11,19H,4-5,7,9-10,12-18,26-27H2,1-3H3. The van der Waals surface area contributed by atoms with Gasteiger partial charge in [0.25, 0.3) is 0 Å². The Hall–Kier alpha value is -2.23. The maximum atomic E-state index is 12.8. The molecule has 0 spiro atoms. The monoisotopic (exact) mass is 471 g/mol. The summed E-state index contributed by atoms with van der Waals surface area (Å²) in [7, 11) is 0. The number of piperazine rings is 1.